The topological polar surface area (TPSA) is 95.4 Å². The molecule has 1 amide bonds. The highest BCUT2D eigenvalue weighted by Crippen LogP contribution is 2.34. The molecule has 0 bridgehead atoms. The summed E-state index contributed by atoms with van der Waals surface area (Å²) in [7, 11) is 2.10. The molecule has 1 fully saturated rings. The molecule has 3 heterocycles. The van der Waals surface area contributed by atoms with Gasteiger partial charge in [0.2, 0.25) is 11.9 Å². The van der Waals surface area contributed by atoms with Crippen LogP contribution >= 0.6 is 0 Å². The second-order valence-corrected chi connectivity index (χ2v) is 9.02. The average molecular weight is 496 g/mol. The van der Waals surface area contributed by atoms with E-state index in [1.54, 1.807) is 12.3 Å². The van der Waals surface area contributed by atoms with Crippen molar-refractivity contribution in [1.82, 2.24) is 19.4 Å². The van der Waals surface area contributed by atoms with Gasteiger partial charge in [0.25, 0.3) is 0 Å². The molecular weight excluding hydrogens is 466 g/mol. The Morgan fingerprint density at radius 2 is 1.92 bits per heavy atom. The zero-order valence-corrected chi connectivity index (χ0v) is 20.7. The van der Waals surface area contributed by atoms with Crippen molar-refractivity contribution < 1.29 is 9.59 Å². The minimum absolute atomic E-state index is 0.323. The van der Waals surface area contributed by atoms with Crippen molar-refractivity contribution in [3.63, 3.8) is 0 Å². The van der Waals surface area contributed by atoms with Gasteiger partial charge < -0.3 is 25.0 Å². The number of fused-ring (bicyclic) bond motifs is 1. The Bertz CT molecular complexity index is 1460. The SMILES string of the molecule is C=CC(=O)Nc1cc(Nc2nccc(-n3ccc4ccccc43)n2)c(C=O)cc1N1CCCN(C)CC1. The molecule has 1 aliphatic rings. The average Bonchev–Trinajstić information content (AvgIpc) is 3.23. The van der Waals surface area contributed by atoms with Crippen molar-refractivity contribution in [2.24, 2.45) is 0 Å². The van der Waals surface area contributed by atoms with Gasteiger partial charge in [0.15, 0.2) is 6.29 Å². The first-order valence-electron chi connectivity index (χ1n) is 12.2. The van der Waals surface area contributed by atoms with Gasteiger partial charge in [-0.3, -0.25) is 9.59 Å². The van der Waals surface area contributed by atoms with Crippen LogP contribution in [0.2, 0.25) is 0 Å². The number of carbonyl (C=O) groups excluding carboxylic acids is 2. The normalized spacial score (nSPS) is 14.2. The summed E-state index contributed by atoms with van der Waals surface area (Å²) >= 11 is 0. The zero-order chi connectivity index (χ0) is 25.8. The van der Waals surface area contributed by atoms with Crippen LogP contribution in [-0.4, -0.2) is 64.9 Å². The van der Waals surface area contributed by atoms with Gasteiger partial charge in [-0.2, -0.15) is 4.98 Å². The summed E-state index contributed by atoms with van der Waals surface area (Å²) in [4.78, 5) is 37.9. The molecule has 9 nitrogen and oxygen atoms in total. The lowest BCUT2D eigenvalue weighted by Crippen LogP contribution is -2.29. The standard InChI is InChI=1S/C28H29N7O2/c1-3-27(37)30-23-18-22(21(19-36)17-25(23)34-13-6-12-33(2)15-16-34)31-28-29-11-9-26(32-28)35-14-10-20-7-4-5-8-24(20)35/h3-5,7-11,14,17-19H,1,6,12-13,15-16H2,2H3,(H,30,37)(H,29,31,32). The molecule has 9 heteroatoms. The van der Waals surface area contributed by atoms with Crippen LogP contribution in [0.3, 0.4) is 0 Å². The Balaban J connectivity index is 1.50. The van der Waals surface area contributed by atoms with E-state index in [4.69, 9.17) is 0 Å². The van der Waals surface area contributed by atoms with E-state index in [0.29, 0.717) is 28.7 Å². The maximum Gasteiger partial charge on any atom is 0.247 e. The number of amides is 1. The van der Waals surface area contributed by atoms with Gasteiger partial charge in [-0.25, -0.2) is 4.98 Å². The molecule has 5 rings (SSSR count). The van der Waals surface area contributed by atoms with Gasteiger partial charge >= 0.3 is 0 Å². The molecule has 37 heavy (non-hydrogen) atoms. The number of aromatic nitrogens is 3. The summed E-state index contributed by atoms with van der Waals surface area (Å²) in [5.41, 5.74) is 3.37. The van der Waals surface area contributed by atoms with E-state index >= 15 is 0 Å². The van der Waals surface area contributed by atoms with Crippen molar-refractivity contribution >= 4 is 46.1 Å². The second kappa shape index (κ2) is 10.6. The van der Waals surface area contributed by atoms with Crippen LogP contribution < -0.4 is 15.5 Å². The van der Waals surface area contributed by atoms with Crippen molar-refractivity contribution in [3.8, 4) is 5.82 Å². The summed E-state index contributed by atoms with van der Waals surface area (Å²) in [6.45, 7) is 7.07. The van der Waals surface area contributed by atoms with Crippen LogP contribution in [-0.2, 0) is 4.79 Å². The van der Waals surface area contributed by atoms with Crippen LogP contribution in [0.1, 0.15) is 16.8 Å². The van der Waals surface area contributed by atoms with Crippen molar-refractivity contribution in [3.05, 3.63) is 79.1 Å². The molecule has 2 aromatic carbocycles. The third-order valence-corrected chi connectivity index (χ3v) is 6.53. The fourth-order valence-corrected chi connectivity index (χ4v) is 4.59. The summed E-state index contributed by atoms with van der Waals surface area (Å²) in [5, 5.41) is 7.20. The Morgan fingerprint density at radius 3 is 2.76 bits per heavy atom. The summed E-state index contributed by atoms with van der Waals surface area (Å²) in [5.74, 6) is 0.705. The minimum atomic E-state index is -0.323. The van der Waals surface area contributed by atoms with Crippen LogP contribution in [0.25, 0.3) is 16.7 Å². The number of para-hydroxylation sites is 1. The predicted molar refractivity (Wildman–Crippen MR) is 147 cm³/mol. The van der Waals surface area contributed by atoms with Crippen molar-refractivity contribution in [2.75, 3.05) is 48.8 Å². The van der Waals surface area contributed by atoms with Crippen molar-refractivity contribution in [2.45, 2.75) is 6.42 Å². The zero-order valence-electron chi connectivity index (χ0n) is 20.7. The first-order valence-corrected chi connectivity index (χ1v) is 12.2. The third-order valence-electron chi connectivity index (χ3n) is 6.53. The molecule has 4 aromatic rings. The highest BCUT2D eigenvalue weighted by atomic mass is 16.1. The van der Waals surface area contributed by atoms with Gasteiger partial charge in [0.1, 0.15) is 5.82 Å². The first-order chi connectivity index (χ1) is 18.1. The van der Waals surface area contributed by atoms with E-state index in [-0.39, 0.29) is 5.91 Å². The maximum atomic E-state index is 12.3. The molecule has 0 radical (unpaired) electrons. The molecule has 2 aromatic heterocycles. The fourth-order valence-electron chi connectivity index (χ4n) is 4.59. The number of nitrogens with one attached hydrogen (secondary N) is 2. The third kappa shape index (κ3) is 5.22. The quantitative estimate of drug-likeness (QED) is 0.292. The van der Waals surface area contributed by atoms with Gasteiger partial charge in [-0.15, -0.1) is 0 Å². The number of hydrogen-bond donors (Lipinski definition) is 2. The number of aldehydes is 1. The smallest absolute Gasteiger partial charge is 0.247 e. The molecular formula is C28H29N7O2. The Labute approximate surface area is 215 Å². The van der Waals surface area contributed by atoms with E-state index in [1.807, 2.05) is 53.2 Å². The fraction of sp³-hybridized carbons (Fsp3) is 0.214. The molecule has 0 unspecified atom stereocenters. The monoisotopic (exact) mass is 495 g/mol. The van der Waals surface area contributed by atoms with Gasteiger partial charge in [0, 0.05) is 37.6 Å². The number of nitrogens with zero attached hydrogens (tertiary/aromatic N) is 5. The summed E-state index contributed by atoms with van der Waals surface area (Å²) < 4.78 is 1.98. The second-order valence-electron chi connectivity index (χ2n) is 9.02. The number of benzene rings is 2. The molecule has 0 aliphatic carbocycles. The molecule has 0 saturated carbocycles. The highest BCUT2D eigenvalue weighted by molar-refractivity contribution is 6.03. The maximum absolute atomic E-state index is 12.3. The number of hydrogen-bond acceptors (Lipinski definition) is 7. The summed E-state index contributed by atoms with van der Waals surface area (Å²) in [6.07, 6.45) is 6.65. The molecule has 0 atom stereocenters. The Kier molecular flexibility index (Phi) is 6.96. The predicted octanol–water partition coefficient (Wildman–Crippen LogP) is 4.24. The Hall–Kier alpha value is -4.50. The van der Waals surface area contributed by atoms with Crippen LogP contribution in [0.15, 0.2) is 73.6 Å². The number of likely N-dealkylation sites (N-methyl/N-ethyl adjacent to an activating group) is 1. The number of anilines is 4. The van der Waals surface area contributed by atoms with E-state index < -0.39 is 0 Å². The van der Waals surface area contributed by atoms with E-state index in [2.05, 4.69) is 44.0 Å². The number of carbonyl (C=O) groups is 2. The molecule has 2 N–H and O–H groups in total. The first kappa shape index (κ1) is 24.2. The Morgan fingerprint density at radius 1 is 1.05 bits per heavy atom. The van der Waals surface area contributed by atoms with Crippen LogP contribution in [0.5, 0.6) is 0 Å². The molecule has 1 saturated heterocycles. The largest absolute Gasteiger partial charge is 0.369 e. The van der Waals surface area contributed by atoms with Crippen molar-refractivity contribution in [1.29, 1.82) is 0 Å². The minimum Gasteiger partial charge on any atom is -0.369 e. The summed E-state index contributed by atoms with van der Waals surface area (Å²) in [6, 6.07) is 15.5. The van der Waals surface area contributed by atoms with Gasteiger partial charge in [-0.1, -0.05) is 24.8 Å². The lowest BCUT2D eigenvalue weighted by molar-refractivity contribution is -0.111. The van der Waals surface area contributed by atoms with E-state index in [1.165, 1.54) is 6.08 Å². The number of rotatable bonds is 7. The van der Waals surface area contributed by atoms with Gasteiger partial charge in [-0.05, 0) is 61.8 Å². The van der Waals surface area contributed by atoms with Crippen LogP contribution in [0, 0.1) is 0 Å². The highest BCUT2D eigenvalue weighted by Gasteiger charge is 2.20. The molecule has 188 valence electrons. The molecule has 1 aliphatic heterocycles. The molecule has 0 spiro atoms. The van der Waals surface area contributed by atoms with E-state index in [0.717, 1.165) is 55.5 Å². The van der Waals surface area contributed by atoms with Gasteiger partial charge in [0.05, 0.1) is 22.6 Å². The lowest BCUT2D eigenvalue weighted by atomic mass is 10.1. The van der Waals surface area contributed by atoms with E-state index in [9.17, 15) is 9.59 Å². The lowest BCUT2D eigenvalue weighted by Gasteiger charge is -2.27. The van der Waals surface area contributed by atoms with Crippen LogP contribution in [0.4, 0.5) is 23.0 Å².